The zero-order valence-corrected chi connectivity index (χ0v) is 9.43. The van der Waals surface area contributed by atoms with Crippen LogP contribution in [0.4, 0.5) is 0 Å². The standard InChI is InChI=1S/C12H11NO4/c1-13(2)11(15)8-6-7-4-3-5-9(14)10(7)17-12(8)16/h3-6,14H,1-2H3. The molecule has 1 N–H and O–H groups in total. The molecule has 0 saturated carbocycles. The van der Waals surface area contributed by atoms with Crippen molar-refractivity contribution in [2.24, 2.45) is 0 Å². The Morgan fingerprint density at radius 1 is 1.35 bits per heavy atom. The van der Waals surface area contributed by atoms with Gasteiger partial charge in [0.15, 0.2) is 11.3 Å². The summed E-state index contributed by atoms with van der Waals surface area (Å²) in [4.78, 5) is 24.6. The van der Waals surface area contributed by atoms with Crippen LogP contribution in [-0.4, -0.2) is 30.0 Å². The smallest absolute Gasteiger partial charge is 0.349 e. The molecule has 0 aliphatic heterocycles. The molecule has 5 heteroatoms. The number of phenols is 1. The Morgan fingerprint density at radius 2 is 2.06 bits per heavy atom. The average Bonchev–Trinajstić information content (AvgIpc) is 2.28. The molecule has 0 unspecified atom stereocenters. The first-order valence-electron chi connectivity index (χ1n) is 4.98. The highest BCUT2D eigenvalue weighted by Gasteiger charge is 2.16. The molecule has 2 rings (SSSR count). The van der Waals surface area contributed by atoms with E-state index in [2.05, 4.69) is 0 Å². The van der Waals surface area contributed by atoms with Crippen LogP contribution in [0.2, 0.25) is 0 Å². The molecule has 0 bridgehead atoms. The number of hydrogen-bond acceptors (Lipinski definition) is 4. The van der Waals surface area contributed by atoms with E-state index in [0.29, 0.717) is 5.39 Å². The molecule has 17 heavy (non-hydrogen) atoms. The van der Waals surface area contributed by atoms with Crippen molar-refractivity contribution in [1.82, 2.24) is 4.90 Å². The lowest BCUT2D eigenvalue weighted by Gasteiger charge is -2.09. The largest absolute Gasteiger partial charge is 0.504 e. The lowest BCUT2D eigenvalue weighted by Crippen LogP contribution is -2.27. The molecule has 1 heterocycles. The Kier molecular flexibility index (Phi) is 2.59. The lowest BCUT2D eigenvalue weighted by atomic mass is 10.1. The summed E-state index contributed by atoms with van der Waals surface area (Å²) in [5.74, 6) is -0.549. The number of amides is 1. The number of benzene rings is 1. The monoisotopic (exact) mass is 233 g/mol. The third-order valence-corrected chi connectivity index (χ3v) is 2.38. The molecule has 1 aromatic carbocycles. The molecule has 5 nitrogen and oxygen atoms in total. The molecule has 1 aromatic heterocycles. The van der Waals surface area contributed by atoms with Crippen LogP contribution in [0.5, 0.6) is 5.75 Å². The van der Waals surface area contributed by atoms with Crippen LogP contribution in [0, 0.1) is 0 Å². The predicted octanol–water partition coefficient (Wildman–Crippen LogP) is 1.20. The topological polar surface area (TPSA) is 70.8 Å². The third-order valence-electron chi connectivity index (χ3n) is 2.38. The van der Waals surface area contributed by atoms with Gasteiger partial charge in [0, 0.05) is 19.5 Å². The highest BCUT2D eigenvalue weighted by molar-refractivity contribution is 5.97. The first-order chi connectivity index (χ1) is 8.00. The van der Waals surface area contributed by atoms with E-state index in [1.165, 1.54) is 17.0 Å². The van der Waals surface area contributed by atoms with E-state index < -0.39 is 11.5 Å². The van der Waals surface area contributed by atoms with Crippen molar-refractivity contribution in [3.63, 3.8) is 0 Å². The number of para-hydroxylation sites is 1. The zero-order valence-electron chi connectivity index (χ0n) is 9.43. The van der Waals surface area contributed by atoms with Gasteiger partial charge in [0.2, 0.25) is 0 Å². The van der Waals surface area contributed by atoms with Gasteiger partial charge in [-0.05, 0) is 12.1 Å². The first-order valence-corrected chi connectivity index (χ1v) is 4.98. The van der Waals surface area contributed by atoms with Gasteiger partial charge in [-0.15, -0.1) is 0 Å². The van der Waals surface area contributed by atoms with Crippen molar-refractivity contribution in [2.75, 3.05) is 14.1 Å². The fourth-order valence-corrected chi connectivity index (χ4v) is 1.52. The highest BCUT2D eigenvalue weighted by Crippen LogP contribution is 2.23. The van der Waals surface area contributed by atoms with Crippen molar-refractivity contribution >= 4 is 16.9 Å². The summed E-state index contributed by atoms with van der Waals surface area (Å²) in [5, 5.41) is 10.0. The van der Waals surface area contributed by atoms with Crippen LogP contribution in [0.15, 0.2) is 33.5 Å². The van der Waals surface area contributed by atoms with Crippen molar-refractivity contribution in [1.29, 1.82) is 0 Å². The second kappa shape index (κ2) is 3.93. The van der Waals surface area contributed by atoms with Crippen LogP contribution in [0.1, 0.15) is 10.4 Å². The van der Waals surface area contributed by atoms with E-state index >= 15 is 0 Å². The Balaban J connectivity index is 2.73. The minimum absolute atomic E-state index is 0.0481. The van der Waals surface area contributed by atoms with Gasteiger partial charge in [-0.25, -0.2) is 4.79 Å². The molecule has 88 valence electrons. The Labute approximate surface area is 96.9 Å². The summed E-state index contributed by atoms with van der Waals surface area (Å²) in [6.07, 6.45) is 0. The summed E-state index contributed by atoms with van der Waals surface area (Å²) in [6.45, 7) is 0. The molecular weight excluding hydrogens is 222 g/mol. The number of aromatic hydroxyl groups is 1. The van der Waals surface area contributed by atoms with E-state index in [9.17, 15) is 14.7 Å². The Hall–Kier alpha value is -2.30. The van der Waals surface area contributed by atoms with E-state index in [0.717, 1.165) is 0 Å². The van der Waals surface area contributed by atoms with Crippen LogP contribution in [-0.2, 0) is 0 Å². The van der Waals surface area contributed by atoms with Gasteiger partial charge < -0.3 is 14.4 Å². The number of hydrogen-bond donors (Lipinski definition) is 1. The van der Waals surface area contributed by atoms with Gasteiger partial charge in [0.25, 0.3) is 5.91 Å². The Morgan fingerprint density at radius 3 is 2.71 bits per heavy atom. The van der Waals surface area contributed by atoms with Gasteiger partial charge in [-0.2, -0.15) is 0 Å². The summed E-state index contributed by atoms with van der Waals surface area (Å²) in [6, 6.07) is 6.11. The fraction of sp³-hybridized carbons (Fsp3) is 0.167. The minimum atomic E-state index is -0.752. The van der Waals surface area contributed by atoms with Crippen molar-refractivity contribution in [3.8, 4) is 5.75 Å². The summed E-state index contributed by atoms with van der Waals surface area (Å²) in [7, 11) is 3.10. The van der Waals surface area contributed by atoms with Crippen molar-refractivity contribution < 1.29 is 14.3 Å². The van der Waals surface area contributed by atoms with Gasteiger partial charge in [0.05, 0.1) is 0 Å². The van der Waals surface area contributed by atoms with Gasteiger partial charge in [0.1, 0.15) is 5.56 Å². The summed E-state index contributed by atoms with van der Waals surface area (Å²) in [5.41, 5.74) is -0.710. The van der Waals surface area contributed by atoms with Crippen LogP contribution in [0.3, 0.4) is 0 Å². The molecule has 0 aliphatic carbocycles. The maximum Gasteiger partial charge on any atom is 0.349 e. The van der Waals surface area contributed by atoms with Gasteiger partial charge in [-0.3, -0.25) is 4.79 Å². The van der Waals surface area contributed by atoms with Crippen LogP contribution in [0.25, 0.3) is 11.0 Å². The number of nitrogens with zero attached hydrogens (tertiary/aromatic N) is 1. The van der Waals surface area contributed by atoms with E-state index in [4.69, 9.17) is 4.42 Å². The second-order valence-electron chi connectivity index (χ2n) is 3.84. The minimum Gasteiger partial charge on any atom is -0.504 e. The van der Waals surface area contributed by atoms with Gasteiger partial charge >= 0.3 is 5.63 Å². The van der Waals surface area contributed by atoms with E-state index in [-0.39, 0.29) is 16.9 Å². The first kappa shape index (κ1) is 11.2. The molecule has 0 spiro atoms. The number of carbonyl (C=O) groups is 1. The Bertz CT molecular complexity index is 642. The van der Waals surface area contributed by atoms with E-state index in [1.54, 1.807) is 26.2 Å². The molecule has 0 atom stereocenters. The maximum atomic E-state index is 11.7. The van der Waals surface area contributed by atoms with Gasteiger partial charge in [-0.1, -0.05) is 12.1 Å². The van der Waals surface area contributed by atoms with E-state index in [1.807, 2.05) is 0 Å². The quantitative estimate of drug-likeness (QED) is 0.751. The number of carbonyl (C=O) groups excluding carboxylic acids is 1. The predicted molar refractivity (Wildman–Crippen MR) is 62.2 cm³/mol. The van der Waals surface area contributed by atoms with Crippen molar-refractivity contribution in [3.05, 3.63) is 40.2 Å². The molecule has 0 saturated heterocycles. The highest BCUT2D eigenvalue weighted by atomic mass is 16.4. The molecule has 0 fully saturated rings. The normalized spacial score (nSPS) is 10.5. The van der Waals surface area contributed by atoms with Crippen LogP contribution >= 0.6 is 0 Å². The molecule has 1 amide bonds. The fourth-order valence-electron chi connectivity index (χ4n) is 1.52. The second-order valence-corrected chi connectivity index (χ2v) is 3.84. The summed E-state index contributed by atoms with van der Waals surface area (Å²) < 4.78 is 4.94. The number of fused-ring (bicyclic) bond motifs is 1. The molecule has 0 radical (unpaired) electrons. The molecular formula is C12H11NO4. The zero-order chi connectivity index (χ0) is 12.6. The maximum absolute atomic E-state index is 11.7. The lowest BCUT2D eigenvalue weighted by molar-refractivity contribution is 0.0823. The van der Waals surface area contributed by atoms with Crippen LogP contribution < -0.4 is 5.63 Å². The number of phenolic OH excluding ortho intramolecular Hbond substituents is 1. The van der Waals surface area contributed by atoms with Crippen molar-refractivity contribution in [2.45, 2.75) is 0 Å². The SMILES string of the molecule is CN(C)C(=O)c1cc2cccc(O)c2oc1=O. The molecule has 0 aliphatic rings. The third kappa shape index (κ3) is 1.87. The summed E-state index contributed by atoms with van der Waals surface area (Å²) >= 11 is 0. The average molecular weight is 233 g/mol. The molecule has 2 aromatic rings. The number of rotatable bonds is 1.